The summed E-state index contributed by atoms with van der Waals surface area (Å²) < 4.78 is 20.4. The van der Waals surface area contributed by atoms with Crippen molar-refractivity contribution in [2.45, 2.75) is 28.5 Å². The van der Waals surface area contributed by atoms with Crippen LogP contribution in [0.3, 0.4) is 0 Å². The number of carbonyl (C=O) groups is 4. The second-order valence-electron chi connectivity index (χ2n) is 11.6. The Balaban J connectivity index is 1.43. The lowest BCUT2D eigenvalue weighted by atomic mass is 9.56. The second kappa shape index (κ2) is 10.5. The van der Waals surface area contributed by atoms with Crippen LogP contribution in [0.4, 0.5) is 15.8 Å². The number of rotatable bonds is 4. The summed E-state index contributed by atoms with van der Waals surface area (Å²) in [5.41, 5.74) is 1.13. The Morgan fingerprint density at radius 3 is 2.20 bits per heavy atom. The Morgan fingerprint density at radius 2 is 1.53 bits per heavy atom. The molecular formula is C33H24Cl2FIN2O6. The Kier molecular flexibility index (Phi) is 7.06. The molecule has 0 bridgehead atoms. The number of amides is 4. The number of benzene rings is 3. The molecule has 0 aromatic heterocycles. The number of carbonyl (C=O) groups excluding carboxylic acids is 4. The molecule has 4 aliphatic rings. The van der Waals surface area contributed by atoms with Crippen molar-refractivity contribution in [3.63, 3.8) is 0 Å². The SMILES string of the molecule is COc1cccc(O)c1[C@H]1C2=CC[C@@H]3C(=O)N(c4ccc(I)cc4)C(=O)[C@@H]3[C@@H]2C[C@@]2(Cl)C(=O)N(c3ccc(F)cc3)C(=O)[C@@]12Cl. The number of imide groups is 2. The van der Waals surface area contributed by atoms with Crippen molar-refractivity contribution in [2.24, 2.45) is 17.8 Å². The van der Waals surface area contributed by atoms with Crippen LogP contribution in [0.25, 0.3) is 0 Å². The van der Waals surface area contributed by atoms with Crippen LogP contribution in [0.5, 0.6) is 11.5 Å². The summed E-state index contributed by atoms with van der Waals surface area (Å²) in [6.45, 7) is 0. The lowest BCUT2D eigenvalue weighted by molar-refractivity contribution is -0.125. The number of allylic oxidation sites excluding steroid dienone is 2. The van der Waals surface area contributed by atoms with Crippen molar-refractivity contribution >= 4 is 80.8 Å². The molecular weight excluding hydrogens is 737 g/mol. The maximum Gasteiger partial charge on any atom is 0.258 e. The van der Waals surface area contributed by atoms with Gasteiger partial charge in [0.2, 0.25) is 11.8 Å². The number of aromatic hydroxyl groups is 1. The van der Waals surface area contributed by atoms with E-state index < -0.39 is 57.0 Å². The summed E-state index contributed by atoms with van der Waals surface area (Å²) in [6, 6.07) is 16.3. The third kappa shape index (κ3) is 4.07. The average Bonchev–Trinajstić information content (AvgIpc) is 3.36. The predicted octanol–water partition coefficient (Wildman–Crippen LogP) is 5.91. The van der Waals surface area contributed by atoms with Crippen LogP contribution >= 0.6 is 45.8 Å². The lowest BCUT2D eigenvalue weighted by Gasteiger charge is -2.50. The maximum absolute atomic E-state index is 14.5. The van der Waals surface area contributed by atoms with Gasteiger partial charge in [0.1, 0.15) is 17.3 Å². The summed E-state index contributed by atoms with van der Waals surface area (Å²) in [4.78, 5) is 54.4. The molecule has 8 nitrogen and oxygen atoms in total. The Morgan fingerprint density at radius 1 is 0.889 bits per heavy atom. The minimum Gasteiger partial charge on any atom is -0.508 e. The topological polar surface area (TPSA) is 104 Å². The van der Waals surface area contributed by atoms with Gasteiger partial charge in [0, 0.05) is 15.1 Å². The number of fused-ring (bicyclic) bond motifs is 4. The van der Waals surface area contributed by atoms with Gasteiger partial charge >= 0.3 is 0 Å². The quantitative estimate of drug-likeness (QED) is 0.154. The van der Waals surface area contributed by atoms with Gasteiger partial charge in [-0.05, 0) is 102 Å². The van der Waals surface area contributed by atoms with E-state index in [9.17, 15) is 28.7 Å². The first-order valence-corrected chi connectivity index (χ1v) is 16.0. The smallest absolute Gasteiger partial charge is 0.258 e. The molecule has 2 heterocycles. The van der Waals surface area contributed by atoms with E-state index in [1.165, 1.54) is 30.2 Å². The van der Waals surface area contributed by atoms with Gasteiger partial charge in [0.05, 0.1) is 30.3 Å². The zero-order valence-electron chi connectivity index (χ0n) is 23.5. The standard InChI is InChI=1S/C33H24Cl2FIN2O6/c1-45-24-4-2-3-23(40)26(24)27-20-13-14-21-25(29(42)38(28(21)41)18-11-7-17(37)8-12-18)22(20)15-32(34)30(43)39(31(44)33(27,32)35)19-9-5-16(36)6-10-19/h2-13,21-22,25,27,40H,14-15H2,1H3/t21-,22+,25-,27+,32+,33-/m0/s1. The highest BCUT2D eigenvalue weighted by Gasteiger charge is 2.77. The summed E-state index contributed by atoms with van der Waals surface area (Å²) in [5, 5.41) is 11.3. The number of phenolic OH excluding ortho intramolecular Hbond substituents is 1. The highest BCUT2D eigenvalue weighted by atomic mass is 127. The van der Waals surface area contributed by atoms with Crippen LogP contribution in [-0.4, -0.2) is 45.6 Å². The molecule has 1 N–H and O–H groups in total. The molecule has 3 fully saturated rings. The fourth-order valence-electron chi connectivity index (χ4n) is 7.56. The summed E-state index contributed by atoms with van der Waals surface area (Å²) in [5.74, 6) is -6.82. The first kappa shape index (κ1) is 30.2. The van der Waals surface area contributed by atoms with Crippen LogP contribution in [-0.2, 0) is 19.2 Å². The van der Waals surface area contributed by atoms with E-state index in [0.29, 0.717) is 11.3 Å². The molecule has 12 heteroatoms. The summed E-state index contributed by atoms with van der Waals surface area (Å²) in [6.07, 6.45) is 1.71. The Labute approximate surface area is 280 Å². The third-order valence-electron chi connectivity index (χ3n) is 9.53. The molecule has 6 atom stereocenters. The van der Waals surface area contributed by atoms with Gasteiger partial charge in [-0.15, -0.1) is 23.2 Å². The zero-order valence-corrected chi connectivity index (χ0v) is 27.2. The van der Waals surface area contributed by atoms with Crippen LogP contribution in [0.1, 0.15) is 24.3 Å². The molecule has 4 amide bonds. The van der Waals surface area contributed by atoms with E-state index in [2.05, 4.69) is 22.6 Å². The van der Waals surface area contributed by atoms with E-state index in [-0.39, 0.29) is 41.5 Å². The van der Waals surface area contributed by atoms with Gasteiger partial charge in [-0.2, -0.15) is 0 Å². The fourth-order valence-corrected chi connectivity index (χ4v) is 8.84. The van der Waals surface area contributed by atoms with Crippen LogP contribution in [0.15, 0.2) is 78.4 Å². The van der Waals surface area contributed by atoms with Gasteiger partial charge in [0.25, 0.3) is 11.8 Å². The van der Waals surface area contributed by atoms with Crippen molar-refractivity contribution in [3.05, 3.63) is 93.3 Å². The van der Waals surface area contributed by atoms with Crippen molar-refractivity contribution < 1.29 is 33.4 Å². The molecule has 0 spiro atoms. The van der Waals surface area contributed by atoms with Gasteiger partial charge < -0.3 is 9.84 Å². The van der Waals surface area contributed by atoms with E-state index in [4.69, 9.17) is 27.9 Å². The van der Waals surface area contributed by atoms with Crippen molar-refractivity contribution in [1.82, 2.24) is 0 Å². The fraction of sp³-hybridized carbons (Fsp3) is 0.273. The highest BCUT2D eigenvalue weighted by Crippen LogP contribution is 2.67. The molecule has 2 aliphatic heterocycles. The molecule has 3 aromatic rings. The highest BCUT2D eigenvalue weighted by molar-refractivity contribution is 14.1. The number of halogens is 4. The second-order valence-corrected chi connectivity index (χ2v) is 14.1. The number of hydrogen-bond acceptors (Lipinski definition) is 6. The Hall–Kier alpha value is -3.48. The zero-order chi connectivity index (χ0) is 32.0. The van der Waals surface area contributed by atoms with E-state index in [0.717, 1.165) is 20.6 Å². The first-order chi connectivity index (χ1) is 21.4. The normalized spacial score (nSPS) is 30.6. The van der Waals surface area contributed by atoms with Gasteiger partial charge in [0.15, 0.2) is 9.75 Å². The lowest BCUT2D eigenvalue weighted by Crippen LogP contribution is -2.60. The molecule has 45 heavy (non-hydrogen) atoms. The maximum atomic E-state index is 14.5. The minimum absolute atomic E-state index is 0.0654. The first-order valence-electron chi connectivity index (χ1n) is 14.2. The van der Waals surface area contributed by atoms with E-state index >= 15 is 0 Å². The molecule has 2 saturated heterocycles. The van der Waals surface area contributed by atoms with E-state index in [1.54, 1.807) is 42.5 Å². The number of alkyl halides is 2. The van der Waals surface area contributed by atoms with Crippen molar-refractivity contribution in [1.29, 1.82) is 0 Å². The monoisotopic (exact) mass is 760 g/mol. The van der Waals surface area contributed by atoms with Crippen LogP contribution in [0, 0.1) is 27.1 Å². The van der Waals surface area contributed by atoms with Gasteiger partial charge in [-0.25, -0.2) is 9.29 Å². The number of hydrogen-bond donors (Lipinski definition) is 1. The molecule has 0 radical (unpaired) electrons. The number of phenols is 1. The number of anilines is 2. The summed E-state index contributed by atoms with van der Waals surface area (Å²) >= 11 is 16.9. The third-order valence-corrected chi connectivity index (χ3v) is 11.7. The van der Waals surface area contributed by atoms with Gasteiger partial charge in [-0.3, -0.25) is 24.1 Å². The minimum atomic E-state index is -2.19. The van der Waals surface area contributed by atoms with Crippen LogP contribution in [0.2, 0.25) is 0 Å². The molecule has 3 aromatic carbocycles. The van der Waals surface area contributed by atoms with Crippen molar-refractivity contribution in [2.75, 3.05) is 16.9 Å². The predicted molar refractivity (Wildman–Crippen MR) is 173 cm³/mol. The number of methoxy groups -OCH3 is 1. The molecule has 7 rings (SSSR count). The molecule has 230 valence electrons. The molecule has 1 saturated carbocycles. The Bertz CT molecular complexity index is 1840. The molecule has 2 aliphatic carbocycles. The van der Waals surface area contributed by atoms with Crippen molar-refractivity contribution in [3.8, 4) is 11.5 Å². The molecule has 0 unspecified atom stereocenters. The van der Waals surface area contributed by atoms with Gasteiger partial charge in [-0.1, -0.05) is 17.7 Å². The average molecular weight is 761 g/mol. The number of ether oxygens (including phenoxy) is 1. The summed E-state index contributed by atoms with van der Waals surface area (Å²) in [7, 11) is 1.39. The largest absolute Gasteiger partial charge is 0.508 e. The number of nitrogens with zero attached hydrogens (tertiary/aromatic N) is 2. The van der Waals surface area contributed by atoms with Crippen LogP contribution < -0.4 is 14.5 Å². The van der Waals surface area contributed by atoms with E-state index in [1.807, 2.05) is 0 Å².